The normalized spacial score (nSPS) is 11.6. The van der Waals surface area contributed by atoms with Crippen LogP contribution in [-0.2, 0) is 11.3 Å². The maximum absolute atomic E-state index is 13.5. The number of pyridine rings is 2. The number of carbonyl (C=O) groups is 2. The largest absolute Gasteiger partial charge is 0.493 e. The molecule has 5 rings (SSSR count). The van der Waals surface area contributed by atoms with Gasteiger partial charge in [-0.25, -0.2) is 9.78 Å². The molecule has 0 radical (unpaired) electrons. The number of esters is 1. The Morgan fingerprint density at radius 3 is 2.56 bits per heavy atom. The van der Waals surface area contributed by atoms with Gasteiger partial charge >= 0.3 is 5.97 Å². The van der Waals surface area contributed by atoms with E-state index < -0.39 is 17.4 Å². The first-order valence-electron chi connectivity index (χ1n) is 12.0. The molecule has 0 atom stereocenters. The van der Waals surface area contributed by atoms with Crippen LogP contribution in [0.15, 0.2) is 81.3 Å². The van der Waals surface area contributed by atoms with Crippen molar-refractivity contribution in [3.05, 3.63) is 99.8 Å². The molecule has 0 bridgehead atoms. The van der Waals surface area contributed by atoms with E-state index in [0.29, 0.717) is 22.9 Å². The van der Waals surface area contributed by atoms with Crippen LogP contribution in [0.1, 0.15) is 33.4 Å². The summed E-state index contributed by atoms with van der Waals surface area (Å²) >= 11 is 0. The molecule has 0 aliphatic carbocycles. The minimum Gasteiger partial charge on any atom is -0.493 e. The molecule has 0 N–H and O–H groups in total. The van der Waals surface area contributed by atoms with E-state index in [4.69, 9.17) is 18.6 Å². The minimum atomic E-state index is -0.746. The second-order valence-corrected chi connectivity index (χ2v) is 8.34. The van der Waals surface area contributed by atoms with Gasteiger partial charge in [-0.1, -0.05) is 6.07 Å². The predicted octanol–water partition coefficient (Wildman–Crippen LogP) is 3.23. The second kappa shape index (κ2) is 10.7. The Morgan fingerprint density at radius 2 is 1.85 bits per heavy atom. The molecule has 4 heterocycles. The van der Waals surface area contributed by atoms with Crippen molar-refractivity contribution in [2.45, 2.75) is 13.5 Å². The van der Waals surface area contributed by atoms with E-state index in [1.54, 1.807) is 49.5 Å². The molecule has 5 aromatic rings. The van der Waals surface area contributed by atoms with Gasteiger partial charge < -0.3 is 23.2 Å². The van der Waals surface area contributed by atoms with E-state index in [1.807, 2.05) is 0 Å². The maximum atomic E-state index is 13.5. The third-order valence-corrected chi connectivity index (χ3v) is 6.02. The summed E-state index contributed by atoms with van der Waals surface area (Å²) in [5.41, 5.74) is 0.286. The van der Waals surface area contributed by atoms with Gasteiger partial charge in [0.2, 0.25) is 0 Å². The summed E-state index contributed by atoms with van der Waals surface area (Å²) in [6.45, 7) is 1.77. The zero-order chi connectivity index (χ0) is 27.5. The topological polar surface area (TPSA) is 127 Å². The molecule has 0 aliphatic rings. The summed E-state index contributed by atoms with van der Waals surface area (Å²) < 4.78 is 24.3. The van der Waals surface area contributed by atoms with E-state index in [2.05, 4.69) is 9.98 Å². The van der Waals surface area contributed by atoms with Gasteiger partial charge in [0.25, 0.3) is 11.5 Å². The molecular formula is C28H24N4O7. The van der Waals surface area contributed by atoms with Gasteiger partial charge in [0, 0.05) is 11.8 Å². The molecule has 0 fully saturated rings. The Hall–Kier alpha value is -5.19. The molecule has 0 unspecified atom stereocenters. The Balaban J connectivity index is 1.85. The Morgan fingerprint density at radius 1 is 1.03 bits per heavy atom. The highest BCUT2D eigenvalue weighted by Gasteiger charge is 2.21. The van der Waals surface area contributed by atoms with Crippen LogP contribution in [0.3, 0.4) is 0 Å². The van der Waals surface area contributed by atoms with Crippen molar-refractivity contribution in [2.24, 2.45) is 4.99 Å². The van der Waals surface area contributed by atoms with E-state index in [9.17, 15) is 14.4 Å². The number of nitrogens with zero attached hydrogens (tertiary/aromatic N) is 4. The summed E-state index contributed by atoms with van der Waals surface area (Å²) in [7, 11) is 2.94. The number of benzene rings is 1. The molecule has 11 heteroatoms. The standard InChI is InChI=1S/C28H24N4O7/c1-4-38-28(35)20-15-19-24(29-23-9-5-6-12-31(23)27(19)34)32(16-18-8-7-13-39-18)25(20)30-26(33)17-10-11-21(36-2)22(14-17)37-3/h5-15H,4,16H2,1-3H3. The van der Waals surface area contributed by atoms with Crippen LogP contribution in [-0.4, -0.2) is 46.7 Å². The van der Waals surface area contributed by atoms with Gasteiger partial charge in [-0.3, -0.25) is 14.0 Å². The number of methoxy groups -OCH3 is 2. The van der Waals surface area contributed by atoms with Crippen LogP contribution in [0.2, 0.25) is 0 Å². The van der Waals surface area contributed by atoms with Crippen LogP contribution >= 0.6 is 0 Å². The van der Waals surface area contributed by atoms with Crippen LogP contribution in [0, 0.1) is 0 Å². The summed E-state index contributed by atoms with van der Waals surface area (Å²) in [6.07, 6.45) is 3.08. The lowest BCUT2D eigenvalue weighted by atomic mass is 10.1. The molecule has 39 heavy (non-hydrogen) atoms. The van der Waals surface area contributed by atoms with Crippen molar-refractivity contribution < 1.29 is 28.2 Å². The zero-order valence-corrected chi connectivity index (χ0v) is 21.4. The fraction of sp³-hybridized carbons (Fsp3) is 0.179. The molecule has 0 aliphatic heterocycles. The summed E-state index contributed by atoms with van der Waals surface area (Å²) in [5.74, 6) is -0.133. The van der Waals surface area contributed by atoms with Crippen LogP contribution in [0.5, 0.6) is 11.5 Å². The Labute approximate surface area is 221 Å². The van der Waals surface area contributed by atoms with E-state index in [0.717, 1.165) is 0 Å². The number of fused-ring (bicyclic) bond motifs is 2. The van der Waals surface area contributed by atoms with Crippen LogP contribution in [0.25, 0.3) is 16.7 Å². The van der Waals surface area contributed by atoms with E-state index >= 15 is 0 Å². The van der Waals surface area contributed by atoms with Crippen LogP contribution < -0.4 is 20.5 Å². The first kappa shape index (κ1) is 25.5. The third-order valence-electron chi connectivity index (χ3n) is 6.02. The predicted molar refractivity (Wildman–Crippen MR) is 140 cm³/mol. The fourth-order valence-corrected chi connectivity index (χ4v) is 4.20. The van der Waals surface area contributed by atoms with Gasteiger partial charge in [0.15, 0.2) is 17.0 Å². The fourth-order valence-electron chi connectivity index (χ4n) is 4.20. The number of ether oxygens (including phenoxy) is 3. The molecule has 0 saturated carbocycles. The highest BCUT2D eigenvalue weighted by molar-refractivity contribution is 5.97. The lowest BCUT2D eigenvalue weighted by Crippen LogP contribution is -2.33. The maximum Gasteiger partial charge on any atom is 0.341 e. The Kier molecular flexibility index (Phi) is 6.96. The highest BCUT2D eigenvalue weighted by atomic mass is 16.5. The molecular weight excluding hydrogens is 504 g/mol. The second-order valence-electron chi connectivity index (χ2n) is 8.34. The van der Waals surface area contributed by atoms with Gasteiger partial charge in [0.05, 0.1) is 39.0 Å². The monoisotopic (exact) mass is 528 g/mol. The summed E-state index contributed by atoms with van der Waals surface area (Å²) in [4.78, 5) is 49.1. The van der Waals surface area contributed by atoms with Gasteiger partial charge in [-0.05, 0) is 55.5 Å². The summed E-state index contributed by atoms with van der Waals surface area (Å²) in [5, 5.41) is 0.144. The smallest absolute Gasteiger partial charge is 0.341 e. The van der Waals surface area contributed by atoms with E-state index in [1.165, 1.54) is 47.6 Å². The number of hydrogen-bond acceptors (Lipinski definition) is 8. The highest BCUT2D eigenvalue weighted by Crippen LogP contribution is 2.27. The average molecular weight is 529 g/mol. The lowest BCUT2D eigenvalue weighted by molar-refractivity contribution is 0.0523. The molecule has 4 aromatic heterocycles. The molecule has 0 saturated heterocycles. The number of hydrogen-bond donors (Lipinski definition) is 0. The minimum absolute atomic E-state index is 0.0320. The zero-order valence-electron chi connectivity index (χ0n) is 21.4. The van der Waals surface area contributed by atoms with Crippen molar-refractivity contribution in [3.63, 3.8) is 0 Å². The van der Waals surface area contributed by atoms with Crippen molar-refractivity contribution in [3.8, 4) is 11.5 Å². The third kappa shape index (κ3) is 4.77. The SMILES string of the molecule is CCOC(=O)c1cc2c(=O)n3ccccc3nc2n(Cc2ccco2)c1=NC(=O)c1ccc(OC)c(OC)c1. The average Bonchev–Trinajstić information content (AvgIpc) is 3.47. The number of aromatic nitrogens is 3. The molecule has 198 valence electrons. The van der Waals surface area contributed by atoms with Crippen molar-refractivity contribution in [1.82, 2.24) is 14.0 Å². The summed E-state index contributed by atoms with van der Waals surface area (Å²) in [6, 6.07) is 14.5. The number of rotatable bonds is 7. The quantitative estimate of drug-likeness (QED) is 0.233. The van der Waals surface area contributed by atoms with Gasteiger partial charge in [-0.2, -0.15) is 4.99 Å². The van der Waals surface area contributed by atoms with Crippen molar-refractivity contribution in [1.29, 1.82) is 0 Å². The first-order chi connectivity index (χ1) is 18.9. The number of furan rings is 1. The first-order valence-corrected chi connectivity index (χ1v) is 12.0. The van der Waals surface area contributed by atoms with Gasteiger partial charge in [-0.15, -0.1) is 0 Å². The lowest BCUT2D eigenvalue weighted by Gasteiger charge is -2.14. The Bertz CT molecular complexity index is 1840. The van der Waals surface area contributed by atoms with Crippen molar-refractivity contribution in [2.75, 3.05) is 20.8 Å². The number of amides is 1. The van der Waals surface area contributed by atoms with Gasteiger partial charge in [0.1, 0.15) is 22.6 Å². The number of carbonyl (C=O) groups excluding carboxylic acids is 2. The van der Waals surface area contributed by atoms with Crippen LogP contribution in [0.4, 0.5) is 0 Å². The van der Waals surface area contributed by atoms with Crippen molar-refractivity contribution >= 4 is 28.6 Å². The molecule has 11 nitrogen and oxygen atoms in total. The van der Waals surface area contributed by atoms with E-state index in [-0.39, 0.29) is 40.8 Å². The molecule has 0 spiro atoms. The molecule has 1 amide bonds. The molecule has 1 aromatic carbocycles.